The van der Waals surface area contributed by atoms with Crippen LogP contribution in [0.1, 0.15) is 49.8 Å². The number of carbonyl (C=O) groups is 2. The Kier molecular flexibility index (Phi) is 6.20. The van der Waals surface area contributed by atoms with E-state index < -0.39 is 5.97 Å². The van der Waals surface area contributed by atoms with Crippen LogP contribution in [0.5, 0.6) is 0 Å². The molecule has 1 rings (SSSR count). The zero-order valence-corrected chi connectivity index (χ0v) is 13.1. The van der Waals surface area contributed by atoms with Crippen molar-refractivity contribution in [3.63, 3.8) is 0 Å². The maximum absolute atomic E-state index is 12.0. The number of amides is 1. The molecule has 118 valence electrons. The summed E-state index contributed by atoms with van der Waals surface area (Å²) < 4.78 is 6.38. The molecule has 1 aromatic rings. The maximum atomic E-state index is 12.0. The van der Waals surface area contributed by atoms with Gasteiger partial charge in [0.05, 0.1) is 11.4 Å². The van der Waals surface area contributed by atoms with Gasteiger partial charge in [-0.3, -0.25) is 9.48 Å². The number of rotatable bonds is 7. The van der Waals surface area contributed by atoms with Gasteiger partial charge in [-0.25, -0.2) is 4.79 Å². The molecule has 0 aromatic carbocycles. The number of carbonyl (C=O) groups excluding carboxylic acids is 2. The zero-order chi connectivity index (χ0) is 16.0. The molecular weight excluding hydrogens is 272 g/mol. The highest BCUT2D eigenvalue weighted by Crippen LogP contribution is 2.17. The summed E-state index contributed by atoms with van der Waals surface area (Å²) in [5.74, 6) is -0.957. The van der Waals surface area contributed by atoms with Crippen molar-refractivity contribution < 1.29 is 14.3 Å². The minimum absolute atomic E-state index is 0.0645. The van der Waals surface area contributed by atoms with Gasteiger partial charge in [-0.15, -0.1) is 0 Å². The van der Waals surface area contributed by atoms with Crippen LogP contribution in [0.15, 0.2) is 0 Å². The molecular formula is C14H24N4O3. The topological polar surface area (TPSA) is 99.2 Å². The average molecular weight is 296 g/mol. The molecule has 3 N–H and O–H groups in total. The smallest absolute Gasteiger partial charge is 0.359 e. The highest BCUT2D eigenvalue weighted by molar-refractivity contribution is 5.95. The second kappa shape index (κ2) is 7.66. The summed E-state index contributed by atoms with van der Waals surface area (Å²) >= 11 is 0. The second-order valence-corrected chi connectivity index (χ2v) is 5.02. The fraction of sp³-hybridized carbons (Fsp3) is 0.643. The molecule has 0 saturated heterocycles. The van der Waals surface area contributed by atoms with E-state index in [0.717, 1.165) is 12.8 Å². The number of aromatic nitrogens is 2. The van der Waals surface area contributed by atoms with Crippen molar-refractivity contribution in [3.05, 3.63) is 11.4 Å². The molecule has 1 amide bonds. The number of esters is 1. The molecule has 0 bridgehead atoms. The van der Waals surface area contributed by atoms with Gasteiger partial charge in [0.25, 0.3) is 5.91 Å². The number of ether oxygens (including phenoxy) is 1. The summed E-state index contributed by atoms with van der Waals surface area (Å²) in [6.45, 7) is 5.53. The Morgan fingerprint density at radius 1 is 1.43 bits per heavy atom. The van der Waals surface area contributed by atoms with E-state index >= 15 is 0 Å². The third-order valence-corrected chi connectivity index (χ3v) is 3.15. The number of nitrogens with zero attached hydrogens (tertiary/aromatic N) is 2. The molecule has 1 heterocycles. The first-order valence-electron chi connectivity index (χ1n) is 7.18. The number of hydrogen-bond acceptors (Lipinski definition) is 5. The van der Waals surface area contributed by atoms with Gasteiger partial charge in [0.2, 0.25) is 0 Å². The lowest BCUT2D eigenvalue weighted by atomic mass is 10.2. The van der Waals surface area contributed by atoms with Gasteiger partial charge in [-0.1, -0.05) is 20.3 Å². The molecule has 0 radical (unpaired) electrons. The Morgan fingerprint density at radius 2 is 2.10 bits per heavy atom. The molecule has 0 fully saturated rings. The van der Waals surface area contributed by atoms with Crippen molar-refractivity contribution in [1.82, 2.24) is 15.1 Å². The number of anilines is 1. The van der Waals surface area contributed by atoms with Crippen LogP contribution >= 0.6 is 0 Å². The Labute approximate surface area is 124 Å². The van der Waals surface area contributed by atoms with Crippen molar-refractivity contribution in [2.75, 3.05) is 12.3 Å². The van der Waals surface area contributed by atoms with E-state index in [1.807, 2.05) is 20.8 Å². The highest BCUT2D eigenvalue weighted by atomic mass is 16.5. The quantitative estimate of drug-likeness (QED) is 0.732. The molecule has 0 aliphatic heterocycles. The predicted molar refractivity (Wildman–Crippen MR) is 79.8 cm³/mol. The lowest BCUT2D eigenvalue weighted by Gasteiger charge is -2.12. The van der Waals surface area contributed by atoms with E-state index in [9.17, 15) is 9.59 Å². The van der Waals surface area contributed by atoms with Crippen LogP contribution in [0, 0.1) is 0 Å². The van der Waals surface area contributed by atoms with Crippen molar-refractivity contribution >= 4 is 17.6 Å². The molecule has 1 aromatic heterocycles. The number of nitrogen functional groups attached to an aromatic ring is 1. The van der Waals surface area contributed by atoms with Gasteiger partial charge in [0, 0.05) is 13.1 Å². The first kappa shape index (κ1) is 17.0. The van der Waals surface area contributed by atoms with Gasteiger partial charge >= 0.3 is 5.97 Å². The van der Waals surface area contributed by atoms with Gasteiger partial charge in [0.1, 0.15) is 0 Å². The standard InChI is InChI=1S/C14H24N4O3/c1-5-7-9(3)16-11(19)8-21-14(20)13-12(15)10(6-2)17-18(13)4/h9H,5-8,15H2,1-4H3,(H,16,19). The minimum atomic E-state index is -0.638. The molecule has 0 spiro atoms. The minimum Gasteiger partial charge on any atom is -0.451 e. The van der Waals surface area contributed by atoms with Crippen LogP contribution < -0.4 is 11.1 Å². The Balaban J connectivity index is 2.58. The molecule has 1 unspecified atom stereocenters. The van der Waals surface area contributed by atoms with Gasteiger partial charge in [-0.2, -0.15) is 5.10 Å². The molecule has 0 aliphatic carbocycles. The fourth-order valence-electron chi connectivity index (χ4n) is 2.12. The van der Waals surface area contributed by atoms with Gasteiger partial charge in [-0.05, 0) is 19.8 Å². The number of nitrogens with two attached hydrogens (primary N) is 1. The zero-order valence-electron chi connectivity index (χ0n) is 13.1. The summed E-state index contributed by atoms with van der Waals surface area (Å²) in [6.07, 6.45) is 2.49. The van der Waals surface area contributed by atoms with Crippen molar-refractivity contribution in [2.24, 2.45) is 7.05 Å². The van der Waals surface area contributed by atoms with E-state index in [1.54, 1.807) is 7.05 Å². The molecule has 21 heavy (non-hydrogen) atoms. The SMILES string of the molecule is CCCC(C)NC(=O)COC(=O)c1c(N)c(CC)nn1C. The van der Waals surface area contributed by atoms with E-state index in [0.29, 0.717) is 17.8 Å². The third kappa shape index (κ3) is 4.47. The summed E-state index contributed by atoms with van der Waals surface area (Å²) in [7, 11) is 1.62. The molecule has 7 heteroatoms. The number of nitrogens with one attached hydrogen (secondary N) is 1. The van der Waals surface area contributed by atoms with Crippen molar-refractivity contribution in [1.29, 1.82) is 0 Å². The van der Waals surface area contributed by atoms with Crippen LogP contribution in [0.4, 0.5) is 5.69 Å². The average Bonchev–Trinajstić information content (AvgIpc) is 2.71. The van der Waals surface area contributed by atoms with Crippen molar-refractivity contribution in [2.45, 2.75) is 46.1 Å². The monoisotopic (exact) mass is 296 g/mol. The number of aryl methyl sites for hydroxylation is 2. The predicted octanol–water partition coefficient (Wildman–Crippen LogP) is 1.03. The summed E-state index contributed by atoms with van der Waals surface area (Å²) in [5, 5.41) is 6.90. The Morgan fingerprint density at radius 3 is 2.62 bits per heavy atom. The number of hydrogen-bond donors (Lipinski definition) is 2. The van der Waals surface area contributed by atoms with Crippen LogP contribution in [-0.2, 0) is 23.0 Å². The summed E-state index contributed by atoms with van der Waals surface area (Å²) in [6, 6.07) is 0.0645. The Hall–Kier alpha value is -2.05. The van der Waals surface area contributed by atoms with Crippen LogP contribution in [0.3, 0.4) is 0 Å². The summed E-state index contributed by atoms with van der Waals surface area (Å²) in [5.41, 5.74) is 6.99. The fourth-order valence-corrected chi connectivity index (χ4v) is 2.12. The van der Waals surface area contributed by atoms with E-state index in [4.69, 9.17) is 10.5 Å². The summed E-state index contributed by atoms with van der Waals surface area (Å²) in [4.78, 5) is 23.6. The Bertz CT molecular complexity index is 511. The largest absolute Gasteiger partial charge is 0.451 e. The second-order valence-electron chi connectivity index (χ2n) is 5.02. The normalized spacial score (nSPS) is 12.0. The molecule has 0 aliphatic rings. The van der Waals surface area contributed by atoms with E-state index in [1.165, 1.54) is 4.68 Å². The van der Waals surface area contributed by atoms with Crippen LogP contribution in [0.25, 0.3) is 0 Å². The van der Waals surface area contributed by atoms with Crippen molar-refractivity contribution in [3.8, 4) is 0 Å². The maximum Gasteiger partial charge on any atom is 0.359 e. The molecule has 0 saturated carbocycles. The third-order valence-electron chi connectivity index (χ3n) is 3.15. The van der Waals surface area contributed by atoms with Crippen LogP contribution in [-0.4, -0.2) is 34.3 Å². The van der Waals surface area contributed by atoms with E-state index in [-0.39, 0.29) is 24.2 Å². The van der Waals surface area contributed by atoms with Crippen LogP contribution in [0.2, 0.25) is 0 Å². The molecule has 7 nitrogen and oxygen atoms in total. The first-order valence-corrected chi connectivity index (χ1v) is 7.18. The van der Waals surface area contributed by atoms with E-state index in [2.05, 4.69) is 10.4 Å². The van der Waals surface area contributed by atoms with Gasteiger partial charge in [0.15, 0.2) is 12.3 Å². The lowest BCUT2D eigenvalue weighted by Crippen LogP contribution is -2.35. The lowest BCUT2D eigenvalue weighted by molar-refractivity contribution is -0.124. The first-order chi connectivity index (χ1) is 9.90. The van der Waals surface area contributed by atoms with Gasteiger partial charge < -0.3 is 15.8 Å². The highest BCUT2D eigenvalue weighted by Gasteiger charge is 2.21. The molecule has 1 atom stereocenters.